The molecule has 3 atom stereocenters. The summed E-state index contributed by atoms with van der Waals surface area (Å²) in [7, 11) is 0. The van der Waals surface area contributed by atoms with E-state index in [4.69, 9.17) is 21.1 Å². The third-order valence-electron chi connectivity index (χ3n) is 5.09. The second kappa shape index (κ2) is 9.37. The van der Waals surface area contributed by atoms with Crippen molar-refractivity contribution < 1.29 is 24.5 Å². The molecule has 3 rings (SSSR count). The lowest BCUT2D eigenvalue weighted by atomic mass is 10.0. The standard InChI is InChI=1S/C22H26ClNO5/c1-14(2)15-7-9-16(10-8-15)29-17-11-19(24(12-17)22(26)27)20(25)13-28-21-6-4-3-5-18(21)23/h3-10,14,17,19-20,25H,11-13H2,1-2H3,(H,26,27). The van der Waals surface area contributed by atoms with Crippen molar-refractivity contribution >= 4 is 17.7 Å². The first-order valence-electron chi connectivity index (χ1n) is 9.66. The van der Waals surface area contributed by atoms with Crippen molar-refractivity contribution in [1.82, 2.24) is 4.90 Å². The first-order chi connectivity index (χ1) is 13.8. The highest BCUT2D eigenvalue weighted by Gasteiger charge is 2.40. The minimum Gasteiger partial charge on any atom is -0.489 e. The van der Waals surface area contributed by atoms with Crippen LogP contribution < -0.4 is 9.47 Å². The van der Waals surface area contributed by atoms with Crippen LogP contribution in [0.2, 0.25) is 5.02 Å². The summed E-state index contributed by atoms with van der Waals surface area (Å²) in [5, 5.41) is 20.6. The number of hydrogen-bond acceptors (Lipinski definition) is 4. The van der Waals surface area contributed by atoms with Gasteiger partial charge in [-0.25, -0.2) is 4.79 Å². The third kappa shape index (κ3) is 5.34. The van der Waals surface area contributed by atoms with Gasteiger partial charge in [-0.15, -0.1) is 0 Å². The lowest BCUT2D eigenvalue weighted by Crippen LogP contribution is -2.44. The minimum atomic E-state index is -1.09. The third-order valence-corrected chi connectivity index (χ3v) is 5.40. The van der Waals surface area contributed by atoms with Crippen molar-refractivity contribution in [2.24, 2.45) is 0 Å². The zero-order valence-electron chi connectivity index (χ0n) is 16.5. The molecule has 1 aliphatic heterocycles. The Bertz CT molecular complexity index is 826. The van der Waals surface area contributed by atoms with E-state index in [2.05, 4.69) is 13.8 Å². The number of hydrogen-bond donors (Lipinski definition) is 2. The van der Waals surface area contributed by atoms with E-state index >= 15 is 0 Å². The molecule has 0 radical (unpaired) electrons. The van der Waals surface area contributed by atoms with Crippen LogP contribution in [0, 0.1) is 0 Å². The molecular weight excluding hydrogens is 394 g/mol. The van der Waals surface area contributed by atoms with Gasteiger partial charge in [-0.3, -0.25) is 4.90 Å². The normalized spacial score (nSPS) is 20.0. The summed E-state index contributed by atoms with van der Waals surface area (Å²) in [6, 6.07) is 14.1. The molecule has 3 unspecified atom stereocenters. The van der Waals surface area contributed by atoms with E-state index in [9.17, 15) is 15.0 Å². The van der Waals surface area contributed by atoms with Crippen molar-refractivity contribution in [3.05, 3.63) is 59.1 Å². The molecule has 1 aliphatic rings. The molecule has 6 nitrogen and oxygen atoms in total. The second-order valence-electron chi connectivity index (χ2n) is 7.51. The largest absolute Gasteiger partial charge is 0.489 e. The van der Waals surface area contributed by atoms with Crippen LogP contribution in [0.15, 0.2) is 48.5 Å². The number of benzene rings is 2. The molecule has 0 spiro atoms. The number of nitrogens with zero attached hydrogens (tertiary/aromatic N) is 1. The fourth-order valence-electron chi connectivity index (χ4n) is 3.47. The zero-order valence-corrected chi connectivity index (χ0v) is 17.2. The number of ether oxygens (including phenoxy) is 2. The maximum absolute atomic E-state index is 11.7. The van der Waals surface area contributed by atoms with Crippen LogP contribution in [0.5, 0.6) is 11.5 Å². The molecule has 2 aromatic rings. The predicted octanol–water partition coefficient (Wildman–Crippen LogP) is 4.40. The molecule has 7 heteroatoms. The molecule has 0 saturated carbocycles. The number of aliphatic hydroxyl groups excluding tert-OH is 1. The van der Waals surface area contributed by atoms with Crippen LogP contribution in [-0.4, -0.2) is 52.6 Å². The van der Waals surface area contributed by atoms with E-state index in [1.165, 1.54) is 10.5 Å². The van der Waals surface area contributed by atoms with E-state index in [0.717, 1.165) is 0 Å². The van der Waals surface area contributed by atoms with Crippen LogP contribution >= 0.6 is 11.6 Å². The minimum absolute atomic E-state index is 0.0615. The van der Waals surface area contributed by atoms with E-state index in [1.807, 2.05) is 24.3 Å². The second-order valence-corrected chi connectivity index (χ2v) is 7.92. The molecule has 1 fully saturated rings. The number of likely N-dealkylation sites (tertiary alicyclic amines) is 1. The van der Waals surface area contributed by atoms with Gasteiger partial charge in [-0.05, 0) is 35.7 Å². The smallest absolute Gasteiger partial charge is 0.407 e. The number of para-hydroxylation sites is 1. The summed E-state index contributed by atoms with van der Waals surface area (Å²) in [4.78, 5) is 12.9. The Kier molecular flexibility index (Phi) is 6.87. The quantitative estimate of drug-likeness (QED) is 0.695. The Hall–Kier alpha value is -2.44. The van der Waals surface area contributed by atoms with E-state index in [1.54, 1.807) is 24.3 Å². The molecule has 2 N–H and O–H groups in total. The van der Waals surface area contributed by atoms with Crippen LogP contribution in [0.1, 0.15) is 31.7 Å². The highest BCUT2D eigenvalue weighted by molar-refractivity contribution is 6.32. The summed E-state index contributed by atoms with van der Waals surface area (Å²) in [5.74, 6) is 1.56. The zero-order chi connectivity index (χ0) is 21.0. The molecule has 0 aromatic heterocycles. The van der Waals surface area contributed by atoms with Crippen molar-refractivity contribution in [3.8, 4) is 11.5 Å². The van der Waals surface area contributed by atoms with Gasteiger partial charge in [-0.2, -0.15) is 0 Å². The highest BCUT2D eigenvalue weighted by atomic mass is 35.5. The average Bonchev–Trinajstić information content (AvgIpc) is 3.12. The Morgan fingerprint density at radius 1 is 1.21 bits per heavy atom. The van der Waals surface area contributed by atoms with Crippen LogP contribution in [0.25, 0.3) is 0 Å². The average molecular weight is 420 g/mol. The van der Waals surface area contributed by atoms with E-state index in [-0.39, 0.29) is 19.3 Å². The van der Waals surface area contributed by atoms with Crippen molar-refractivity contribution in [3.63, 3.8) is 0 Å². The maximum Gasteiger partial charge on any atom is 0.407 e. The number of carboxylic acid groups (broad SMARTS) is 1. The Morgan fingerprint density at radius 2 is 1.90 bits per heavy atom. The van der Waals surface area contributed by atoms with Gasteiger partial charge in [0.1, 0.15) is 30.3 Å². The Balaban J connectivity index is 1.62. The number of carbonyl (C=O) groups is 1. The van der Waals surface area contributed by atoms with Gasteiger partial charge in [0, 0.05) is 6.42 Å². The van der Waals surface area contributed by atoms with Gasteiger partial charge in [0.25, 0.3) is 0 Å². The molecular formula is C22H26ClNO5. The van der Waals surface area contributed by atoms with Crippen LogP contribution in [-0.2, 0) is 0 Å². The van der Waals surface area contributed by atoms with Crippen LogP contribution in [0.3, 0.4) is 0 Å². The first kappa shape index (κ1) is 21.3. The van der Waals surface area contributed by atoms with Gasteiger partial charge in [-0.1, -0.05) is 49.7 Å². The van der Waals surface area contributed by atoms with Gasteiger partial charge in [0.05, 0.1) is 17.6 Å². The lowest BCUT2D eigenvalue weighted by molar-refractivity contribution is 0.0366. The molecule has 0 bridgehead atoms. The number of amides is 1. The summed E-state index contributed by atoms with van der Waals surface area (Å²) in [6.07, 6.45) is -2.05. The molecule has 29 heavy (non-hydrogen) atoms. The lowest BCUT2D eigenvalue weighted by Gasteiger charge is -2.25. The predicted molar refractivity (Wildman–Crippen MR) is 111 cm³/mol. The van der Waals surface area contributed by atoms with Crippen molar-refractivity contribution in [1.29, 1.82) is 0 Å². The summed E-state index contributed by atoms with van der Waals surface area (Å²) >= 11 is 6.06. The summed E-state index contributed by atoms with van der Waals surface area (Å²) in [5.41, 5.74) is 1.21. The fraction of sp³-hybridized carbons (Fsp3) is 0.409. The van der Waals surface area contributed by atoms with Gasteiger partial charge in [0.15, 0.2) is 0 Å². The van der Waals surface area contributed by atoms with E-state index < -0.39 is 18.2 Å². The van der Waals surface area contributed by atoms with Crippen LogP contribution in [0.4, 0.5) is 4.79 Å². The van der Waals surface area contributed by atoms with Gasteiger partial charge >= 0.3 is 6.09 Å². The van der Waals surface area contributed by atoms with Gasteiger partial charge < -0.3 is 19.7 Å². The summed E-state index contributed by atoms with van der Waals surface area (Å²) < 4.78 is 11.6. The Labute approximate surface area is 175 Å². The molecule has 156 valence electrons. The molecule has 1 amide bonds. The van der Waals surface area contributed by atoms with Gasteiger partial charge in [0.2, 0.25) is 0 Å². The molecule has 1 saturated heterocycles. The summed E-state index contributed by atoms with van der Waals surface area (Å²) in [6.45, 7) is 4.37. The monoisotopic (exact) mass is 419 g/mol. The number of halogens is 1. The van der Waals surface area contributed by atoms with Crippen molar-refractivity contribution in [2.45, 2.75) is 44.4 Å². The Morgan fingerprint density at radius 3 is 2.52 bits per heavy atom. The first-order valence-corrected chi connectivity index (χ1v) is 10.0. The fourth-order valence-corrected chi connectivity index (χ4v) is 3.66. The van der Waals surface area contributed by atoms with Crippen molar-refractivity contribution in [2.75, 3.05) is 13.2 Å². The SMILES string of the molecule is CC(C)c1ccc(OC2CC(C(O)COc3ccccc3Cl)N(C(=O)O)C2)cc1. The molecule has 1 heterocycles. The highest BCUT2D eigenvalue weighted by Crippen LogP contribution is 2.28. The number of rotatable bonds is 7. The molecule has 0 aliphatic carbocycles. The van der Waals surface area contributed by atoms with E-state index in [0.29, 0.717) is 28.9 Å². The molecule has 2 aromatic carbocycles. The topological polar surface area (TPSA) is 79.2 Å². The number of aliphatic hydroxyl groups is 1. The maximum atomic E-state index is 11.7.